The predicted octanol–water partition coefficient (Wildman–Crippen LogP) is 5.93. The molecule has 10 heteroatoms. The zero-order valence-electron chi connectivity index (χ0n) is 31.1. The van der Waals surface area contributed by atoms with Crippen LogP contribution in [0.4, 0.5) is 11.4 Å². The van der Waals surface area contributed by atoms with Crippen molar-refractivity contribution in [1.29, 1.82) is 0 Å². The fourth-order valence-corrected chi connectivity index (χ4v) is 6.54. The summed E-state index contributed by atoms with van der Waals surface area (Å²) in [4.78, 5) is 56.0. The number of piperazine rings is 1. The first-order valence-corrected chi connectivity index (χ1v) is 17.9. The Bertz CT molecular complexity index is 2210. The molecule has 54 heavy (non-hydrogen) atoms. The Morgan fingerprint density at radius 2 is 1.46 bits per heavy atom. The second kappa shape index (κ2) is 17.2. The Labute approximate surface area is 315 Å². The number of carbonyl (C=O) groups is 3. The van der Waals surface area contributed by atoms with Crippen molar-refractivity contribution in [3.63, 3.8) is 0 Å². The number of pyridine rings is 1. The largest absolute Gasteiger partial charge is 0.465 e. The minimum Gasteiger partial charge on any atom is -0.465 e. The number of ether oxygens (including phenoxy) is 1. The van der Waals surface area contributed by atoms with Gasteiger partial charge in [0.05, 0.1) is 24.9 Å². The number of hydrogen-bond donors (Lipinski definition) is 1. The Balaban J connectivity index is 0.000000297. The highest BCUT2D eigenvalue weighted by Crippen LogP contribution is 2.37. The highest BCUT2D eigenvalue weighted by Gasteiger charge is 2.29. The van der Waals surface area contributed by atoms with Gasteiger partial charge >= 0.3 is 5.97 Å². The van der Waals surface area contributed by atoms with E-state index in [-0.39, 0.29) is 23.7 Å². The highest BCUT2D eigenvalue weighted by atomic mass is 16.5. The predicted molar refractivity (Wildman–Crippen MR) is 214 cm³/mol. The van der Waals surface area contributed by atoms with Crippen molar-refractivity contribution >= 4 is 40.3 Å². The molecule has 1 aromatic heterocycles. The first-order valence-electron chi connectivity index (χ1n) is 17.9. The standard InChI is InChI=1S/C32H34N4O4.C12H11NO/c1-34-15-17-36(18-16-34)21-29(38)35(2)26-12-10-25(11-13-26)33-31(22-7-5-4-6-8-22)30-27-14-9-23(32(39)40-3)19-24(27)20-28(30)37;1-10-7-8-12(14)13(9-10)11-5-3-2-4-6-11/h4-14,19,33H,15-18,20-21H2,1-3H3;2-9H,1H3/b31-30-;. The molecule has 5 aromatic rings. The third-order valence-electron chi connectivity index (χ3n) is 9.68. The molecule has 1 aliphatic heterocycles. The number of anilines is 2. The third kappa shape index (κ3) is 8.91. The van der Waals surface area contributed by atoms with Gasteiger partial charge in [-0.1, -0.05) is 60.7 Å². The molecular weight excluding hydrogens is 679 g/mol. The van der Waals surface area contributed by atoms with E-state index in [2.05, 4.69) is 22.2 Å². The number of likely N-dealkylation sites (N-methyl/N-ethyl adjacent to an activating group) is 2. The molecule has 1 saturated heterocycles. The second-order valence-corrected chi connectivity index (χ2v) is 13.5. The normalized spacial score (nSPS) is 15.1. The zero-order valence-corrected chi connectivity index (χ0v) is 31.1. The summed E-state index contributed by atoms with van der Waals surface area (Å²) in [5, 5.41) is 3.47. The number of esters is 1. The number of methoxy groups -OCH3 is 1. The van der Waals surface area contributed by atoms with Crippen LogP contribution in [0.3, 0.4) is 0 Å². The van der Waals surface area contributed by atoms with E-state index in [1.54, 1.807) is 34.7 Å². The number of benzene rings is 4. The van der Waals surface area contributed by atoms with Crippen LogP contribution in [0, 0.1) is 6.92 Å². The van der Waals surface area contributed by atoms with Crippen LogP contribution in [-0.4, -0.2) is 86.0 Å². The molecule has 276 valence electrons. The summed E-state index contributed by atoms with van der Waals surface area (Å²) in [7, 11) is 5.24. The summed E-state index contributed by atoms with van der Waals surface area (Å²) in [6.07, 6.45) is 2.06. The van der Waals surface area contributed by atoms with Crippen LogP contribution in [0.5, 0.6) is 0 Å². The Kier molecular flexibility index (Phi) is 12.0. The van der Waals surface area contributed by atoms with Crippen molar-refractivity contribution < 1.29 is 19.1 Å². The number of fused-ring (bicyclic) bond motifs is 1. The number of rotatable bonds is 8. The molecule has 1 N–H and O–H groups in total. The number of Topliss-reactive ketones (excluding diaryl/α,β-unsaturated/α-hetero) is 1. The molecule has 0 unspecified atom stereocenters. The molecule has 1 aliphatic carbocycles. The van der Waals surface area contributed by atoms with Gasteiger partial charge in [0.1, 0.15) is 0 Å². The number of aryl methyl sites for hydroxylation is 1. The monoisotopic (exact) mass is 723 g/mol. The summed E-state index contributed by atoms with van der Waals surface area (Å²) in [6, 6.07) is 35.6. The molecule has 1 fully saturated rings. The molecule has 2 aliphatic rings. The average molecular weight is 724 g/mol. The average Bonchev–Trinajstić information content (AvgIpc) is 3.53. The van der Waals surface area contributed by atoms with Crippen molar-refractivity contribution in [2.24, 2.45) is 0 Å². The molecule has 0 bridgehead atoms. The SMILES string of the molecule is COC(=O)c1ccc2c(c1)CC(=O)/C2=C(\Nc1ccc(N(C)C(=O)CN2CCN(C)CC2)cc1)c1ccccc1.Cc1ccc(=O)n(-c2ccccc2)c1. The van der Waals surface area contributed by atoms with Crippen LogP contribution in [0.2, 0.25) is 0 Å². The number of aromatic nitrogens is 1. The van der Waals surface area contributed by atoms with Crippen molar-refractivity contribution in [3.8, 4) is 5.69 Å². The smallest absolute Gasteiger partial charge is 0.337 e. The van der Waals surface area contributed by atoms with E-state index in [0.717, 1.165) is 65.5 Å². The van der Waals surface area contributed by atoms with Gasteiger partial charge in [-0.05, 0) is 84.8 Å². The second-order valence-electron chi connectivity index (χ2n) is 13.5. The van der Waals surface area contributed by atoms with Gasteiger partial charge in [-0.3, -0.25) is 23.9 Å². The van der Waals surface area contributed by atoms with E-state index in [4.69, 9.17) is 4.74 Å². The number of carbonyl (C=O) groups excluding carboxylic acids is 3. The van der Waals surface area contributed by atoms with Gasteiger partial charge in [-0.25, -0.2) is 4.79 Å². The summed E-state index contributed by atoms with van der Waals surface area (Å²) in [6.45, 7) is 6.09. The minimum absolute atomic E-state index is 0.00167. The van der Waals surface area contributed by atoms with Crippen LogP contribution in [0.15, 0.2) is 126 Å². The first kappa shape index (κ1) is 37.7. The number of ketones is 1. The fraction of sp³-hybridized carbons (Fsp3) is 0.227. The van der Waals surface area contributed by atoms with Crippen molar-refractivity contribution in [2.75, 3.05) is 64.1 Å². The van der Waals surface area contributed by atoms with Gasteiger partial charge in [0, 0.05) is 74.5 Å². The summed E-state index contributed by atoms with van der Waals surface area (Å²) < 4.78 is 6.50. The first-order chi connectivity index (χ1) is 26.1. The minimum atomic E-state index is -0.429. The molecule has 1 amide bonds. The lowest BCUT2D eigenvalue weighted by Gasteiger charge is -2.32. The van der Waals surface area contributed by atoms with Crippen LogP contribution in [0.1, 0.15) is 32.6 Å². The number of nitrogens with one attached hydrogen (secondary N) is 1. The van der Waals surface area contributed by atoms with Crippen molar-refractivity contribution in [3.05, 3.63) is 160 Å². The van der Waals surface area contributed by atoms with Crippen LogP contribution in [0.25, 0.3) is 17.0 Å². The lowest BCUT2D eigenvalue weighted by atomic mass is 9.99. The Morgan fingerprint density at radius 3 is 2.13 bits per heavy atom. The lowest BCUT2D eigenvalue weighted by Crippen LogP contribution is -2.48. The molecular formula is C44H45N5O5. The third-order valence-corrected chi connectivity index (χ3v) is 9.68. The van der Waals surface area contributed by atoms with E-state index < -0.39 is 5.97 Å². The molecule has 0 saturated carbocycles. The van der Waals surface area contributed by atoms with Crippen molar-refractivity contribution in [1.82, 2.24) is 14.4 Å². The molecule has 2 heterocycles. The van der Waals surface area contributed by atoms with E-state index in [0.29, 0.717) is 23.4 Å². The highest BCUT2D eigenvalue weighted by molar-refractivity contribution is 6.32. The molecule has 7 rings (SSSR count). The lowest BCUT2D eigenvalue weighted by molar-refractivity contribution is -0.119. The Morgan fingerprint density at radius 1 is 0.796 bits per heavy atom. The van der Waals surface area contributed by atoms with E-state index in [9.17, 15) is 19.2 Å². The van der Waals surface area contributed by atoms with Crippen LogP contribution >= 0.6 is 0 Å². The molecule has 4 aromatic carbocycles. The van der Waals surface area contributed by atoms with Gasteiger partial charge in [-0.15, -0.1) is 0 Å². The van der Waals surface area contributed by atoms with Gasteiger partial charge in [-0.2, -0.15) is 0 Å². The van der Waals surface area contributed by atoms with Crippen LogP contribution in [-0.2, 0) is 20.7 Å². The molecule has 10 nitrogen and oxygen atoms in total. The van der Waals surface area contributed by atoms with E-state index in [1.165, 1.54) is 7.11 Å². The van der Waals surface area contributed by atoms with Gasteiger partial charge in [0.15, 0.2) is 5.78 Å². The summed E-state index contributed by atoms with van der Waals surface area (Å²) >= 11 is 0. The molecule has 0 atom stereocenters. The van der Waals surface area contributed by atoms with Gasteiger partial charge in [0.25, 0.3) is 5.56 Å². The zero-order chi connectivity index (χ0) is 38.2. The maximum Gasteiger partial charge on any atom is 0.337 e. The number of para-hydroxylation sites is 1. The van der Waals surface area contributed by atoms with Crippen molar-refractivity contribution in [2.45, 2.75) is 13.3 Å². The summed E-state index contributed by atoms with van der Waals surface area (Å²) in [5.74, 6) is -0.396. The maximum atomic E-state index is 13.3. The van der Waals surface area contributed by atoms with Gasteiger partial charge < -0.3 is 19.9 Å². The molecule has 0 spiro atoms. The fourth-order valence-electron chi connectivity index (χ4n) is 6.54. The summed E-state index contributed by atoms with van der Waals surface area (Å²) in [5.41, 5.74) is 7.76. The van der Waals surface area contributed by atoms with Gasteiger partial charge in [0.2, 0.25) is 5.91 Å². The number of nitrogens with zero attached hydrogens (tertiary/aromatic N) is 4. The molecule has 0 radical (unpaired) electrons. The maximum absolute atomic E-state index is 13.3. The van der Waals surface area contributed by atoms with Crippen LogP contribution < -0.4 is 15.8 Å². The topological polar surface area (TPSA) is 104 Å². The number of hydrogen-bond acceptors (Lipinski definition) is 8. The van der Waals surface area contributed by atoms with E-state index in [1.807, 2.05) is 110 Å². The number of allylic oxidation sites excluding steroid dienone is 1. The number of amides is 1. The Hall–Kier alpha value is -6.10. The van der Waals surface area contributed by atoms with E-state index >= 15 is 0 Å². The quantitative estimate of drug-likeness (QED) is 0.155.